The van der Waals surface area contributed by atoms with E-state index < -0.39 is 0 Å². The molecule has 0 bridgehead atoms. The molecule has 0 aromatic heterocycles. The van der Waals surface area contributed by atoms with Crippen LogP contribution in [0.4, 0.5) is 0 Å². The Bertz CT molecular complexity index is 379. The molecule has 0 aromatic rings. The smallest absolute Gasteiger partial charge is 0.0815 e. The van der Waals surface area contributed by atoms with E-state index in [2.05, 4.69) is 12.7 Å². The quantitative estimate of drug-likeness (QED) is 0.451. The molecule has 1 heteroatoms. The van der Waals surface area contributed by atoms with Crippen LogP contribution in [0.1, 0.15) is 122 Å². The Labute approximate surface area is 163 Å². The molecule has 3 saturated carbocycles. The van der Waals surface area contributed by atoms with Crippen molar-refractivity contribution in [3.63, 3.8) is 0 Å². The van der Waals surface area contributed by atoms with E-state index in [-0.39, 0.29) is 0 Å². The summed E-state index contributed by atoms with van der Waals surface area (Å²) in [6.45, 7) is 4.30. The van der Waals surface area contributed by atoms with E-state index in [4.69, 9.17) is 4.74 Å². The number of ether oxygens (including phenoxy) is 1. The summed E-state index contributed by atoms with van der Waals surface area (Å²) in [6, 6.07) is 0. The summed E-state index contributed by atoms with van der Waals surface area (Å²) in [5.41, 5.74) is 0.402. The van der Waals surface area contributed by atoms with Gasteiger partial charge in [-0.3, -0.25) is 0 Å². The van der Waals surface area contributed by atoms with Crippen molar-refractivity contribution in [2.24, 2.45) is 11.3 Å². The van der Waals surface area contributed by atoms with Gasteiger partial charge in [-0.2, -0.15) is 0 Å². The maximum Gasteiger partial charge on any atom is 0.0815 e. The monoisotopic (exact) mass is 360 g/mol. The van der Waals surface area contributed by atoms with E-state index in [1.807, 2.05) is 0 Å². The van der Waals surface area contributed by atoms with Gasteiger partial charge in [-0.05, 0) is 44.4 Å². The highest BCUT2D eigenvalue weighted by atomic mass is 16.5. The minimum atomic E-state index is 0.302. The zero-order valence-electron chi connectivity index (χ0n) is 17.4. The van der Waals surface area contributed by atoms with Crippen LogP contribution >= 0.6 is 0 Å². The highest BCUT2D eigenvalue weighted by molar-refractivity contribution is 5.02. The molecule has 0 saturated heterocycles. The second kappa shape index (κ2) is 10.9. The van der Waals surface area contributed by atoms with Crippen LogP contribution in [0.3, 0.4) is 0 Å². The lowest BCUT2D eigenvalue weighted by molar-refractivity contribution is -0.107. The fourth-order valence-corrected chi connectivity index (χ4v) is 6.35. The van der Waals surface area contributed by atoms with Crippen LogP contribution in [0, 0.1) is 11.3 Å². The second-order valence-electron chi connectivity index (χ2n) is 9.60. The molecule has 1 atom stereocenters. The molecule has 3 aliphatic rings. The van der Waals surface area contributed by atoms with E-state index in [9.17, 15) is 0 Å². The Morgan fingerprint density at radius 2 is 1.12 bits per heavy atom. The summed E-state index contributed by atoms with van der Waals surface area (Å²) in [4.78, 5) is 0. The molecule has 3 fully saturated rings. The first-order chi connectivity index (χ1) is 12.8. The highest BCUT2D eigenvalue weighted by Gasteiger charge is 2.45. The molecule has 0 heterocycles. The summed E-state index contributed by atoms with van der Waals surface area (Å²) in [5.74, 6) is 0.875. The highest BCUT2D eigenvalue weighted by Crippen LogP contribution is 2.51. The molecule has 3 aliphatic carbocycles. The Morgan fingerprint density at radius 3 is 1.65 bits per heavy atom. The number of hydrogen-bond acceptors (Lipinski definition) is 1. The predicted octanol–water partition coefficient (Wildman–Crippen LogP) is 7.98. The molecule has 1 unspecified atom stereocenters. The molecule has 0 aromatic carbocycles. The molecule has 3 rings (SSSR count). The lowest BCUT2D eigenvalue weighted by Crippen LogP contribution is -2.45. The van der Waals surface area contributed by atoms with Crippen LogP contribution in [-0.4, -0.2) is 12.2 Å². The van der Waals surface area contributed by atoms with Gasteiger partial charge in [-0.25, -0.2) is 0 Å². The maximum atomic E-state index is 6.93. The van der Waals surface area contributed by atoms with Crippen molar-refractivity contribution in [1.82, 2.24) is 0 Å². The van der Waals surface area contributed by atoms with Crippen molar-refractivity contribution in [3.8, 4) is 0 Å². The lowest BCUT2D eigenvalue weighted by atomic mass is 9.59. The molecular weight excluding hydrogens is 316 g/mol. The maximum absolute atomic E-state index is 6.93. The summed E-state index contributed by atoms with van der Waals surface area (Å²) in [5, 5.41) is 0. The molecule has 0 spiro atoms. The fraction of sp³-hybridized carbons (Fsp3) is 0.920. The number of hydrogen-bond donors (Lipinski definition) is 0. The van der Waals surface area contributed by atoms with Gasteiger partial charge < -0.3 is 4.74 Å². The summed E-state index contributed by atoms with van der Waals surface area (Å²) >= 11 is 0. The van der Waals surface area contributed by atoms with Crippen molar-refractivity contribution in [3.05, 3.63) is 12.7 Å². The Hall–Kier alpha value is -0.300. The third kappa shape index (κ3) is 5.37. The fourth-order valence-electron chi connectivity index (χ4n) is 6.35. The van der Waals surface area contributed by atoms with Gasteiger partial charge in [0, 0.05) is 5.41 Å². The predicted molar refractivity (Wildman–Crippen MR) is 113 cm³/mol. The van der Waals surface area contributed by atoms with Crippen LogP contribution in [0.2, 0.25) is 0 Å². The molecule has 26 heavy (non-hydrogen) atoms. The van der Waals surface area contributed by atoms with Gasteiger partial charge in [0.1, 0.15) is 0 Å². The first kappa shape index (κ1) is 20.4. The first-order valence-corrected chi connectivity index (χ1v) is 12.1. The third-order valence-electron chi connectivity index (χ3n) is 7.87. The topological polar surface area (TPSA) is 9.23 Å². The van der Waals surface area contributed by atoms with E-state index in [0.29, 0.717) is 17.6 Å². The average molecular weight is 361 g/mol. The SMILES string of the molecule is C=CC(OC1CCCCCCC1)C1(C2CCCCCCC2)CCCCC1. The van der Waals surface area contributed by atoms with Gasteiger partial charge in [0.25, 0.3) is 0 Å². The average Bonchev–Trinajstić information content (AvgIpc) is 2.61. The molecular formula is C25H44O. The van der Waals surface area contributed by atoms with Crippen LogP contribution in [-0.2, 0) is 4.74 Å². The van der Waals surface area contributed by atoms with Gasteiger partial charge in [0.2, 0.25) is 0 Å². The van der Waals surface area contributed by atoms with Crippen molar-refractivity contribution in [2.45, 2.75) is 134 Å². The van der Waals surface area contributed by atoms with E-state index in [1.54, 1.807) is 0 Å². The zero-order valence-corrected chi connectivity index (χ0v) is 17.4. The normalized spacial score (nSPS) is 28.3. The first-order valence-electron chi connectivity index (χ1n) is 12.1. The van der Waals surface area contributed by atoms with Crippen LogP contribution in [0.15, 0.2) is 12.7 Å². The molecule has 1 nitrogen and oxygen atoms in total. The van der Waals surface area contributed by atoms with Gasteiger partial charge in [0.05, 0.1) is 12.2 Å². The summed E-state index contributed by atoms with van der Waals surface area (Å²) in [6.07, 6.45) is 29.7. The standard InChI is InChI=1S/C25H44O/c1-2-24(26-23-18-12-7-4-8-13-19-23)25(20-14-9-15-21-25)22-16-10-5-3-6-11-17-22/h2,22-24H,1,3-21H2. The van der Waals surface area contributed by atoms with Gasteiger partial charge >= 0.3 is 0 Å². The third-order valence-corrected chi connectivity index (χ3v) is 7.87. The van der Waals surface area contributed by atoms with E-state index in [0.717, 1.165) is 5.92 Å². The van der Waals surface area contributed by atoms with Crippen molar-refractivity contribution >= 4 is 0 Å². The summed E-state index contributed by atoms with van der Waals surface area (Å²) < 4.78 is 6.93. The molecule has 0 amide bonds. The van der Waals surface area contributed by atoms with Crippen LogP contribution in [0.5, 0.6) is 0 Å². The minimum Gasteiger partial charge on any atom is -0.370 e. The minimum absolute atomic E-state index is 0.302. The molecule has 0 N–H and O–H groups in total. The zero-order chi connectivity index (χ0) is 18.1. The lowest BCUT2D eigenvalue weighted by Gasteiger charge is -2.49. The molecule has 0 aliphatic heterocycles. The Morgan fingerprint density at radius 1 is 0.654 bits per heavy atom. The number of rotatable bonds is 5. The van der Waals surface area contributed by atoms with Crippen molar-refractivity contribution in [2.75, 3.05) is 0 Å². The molecule has 0 radical (unpaired) electrons. The van der Waals surface area contributed by atoms with E-state index >= 15 is 0 Å². The summed E-state index contributed by atoms with van der Waals surface area (Å²) in [7, 11) is 0. The van der Waals surface area contributed by atoms with Gasteiger partial charge in [-0.15, -0.1) is 6.58 Å². The Balaban J connectivity index is 1.73. The van der Waals surface area contributed by atoms with Crippen LogP contribution in [0.25, 0.3) is 0 Å². The van der Waals surface area contributed by atoms with Crippen molar-refractivity contribution < 1.29 is 4.74 Å². The largest absolute Gasteiger partial charge is 0.370 e. The Kier molecular flexibility index (Phi) is 8.56. The second-order valence-corrected chi connectivity index (χ2v) is 9.60. The van der Waals surface area contributed by atoms with Gasteiger partial charge in [0.15, 0.2) is 0 Å². The van der Waals surface area contributed by atoms with E-state index in [1.165, 1.54) is 122 Å². The van der Waals surface area contributed by atoms with Gasteiger partial charge in [-0.1, -0.05) is 89.5 Å². The molecule has 150 valence electrons. The van der Waals surface area contributed by atoms with Crippen LogP contribution < -0.4 is 0 Å². The van der Waals surface area contributed by atoms with Crippen molar-refractivity contribution in [1.29, 1.82) is 0 Å².